The Balaban J connectivity index is 1.98. The first-order valence-corrected chi connectivity index (χ1v) is 6.05. The predicted octanol–water partition coefficient (Wildman–Crippen LogP) is -1.04. The molecule has 1 aliphatic carbocycles. The molecule has 7 nitrogen and oxygen atoms in total. The Bertz CT molecular complexity index is 428. The summed E-state index contributed by atoms with van der Waals surface area (Å²) in [4.78, 5) is 19.6. The zero-order valence-electron chi connectivity index (χ0n) is 10.6. The van der Waals surface area contributed by atoms with E-state index in [1.54, 1.807) is 0 Å². The molecule has 0 aromatic carbocycles. The number of aliphatic hydroxyl groups is 2. The summed E-state index contributed by atoms with van der Waals surface area (Å²) in [6.07, 6.45) is 2.80. The van der Waals surface area contributed by atoms with E-state index in [9.17, 15) is 15.0 Å². The van der Waals surface area contributed by atoms with Gasteiger partial charge in [-0.3, -0.25) is 9.78 Å². The van der Waals surface area contributed by atoms with Crippen molar-refractivity contribution in [2.24, 2.45) is 5.92 Å². The summed E-state index contributed by atoms with van der Waals surface area (Å²) in [6, 6.07) is -0.510. The van der Waals surface area contributed by atoms with Gasteiger partial charge in [-0.25, -0.2) is 4.98 Å². The number of amides is 1. The molecule has 104 valence electrons. The fourth-order valence-electron chi connectivity index (χ4n) is 2.31. The van der Waals surface area contributed by atoms with Crippen LogP contribution in [0.4, 0.5) is 0 Å². The number of nitrogens with one attached hydrogen (secondary N) is 1. The van der Waals surface area contributed by atoms with Crippen molar-refractivity contribution in [2.45, 2.75) is 24.7 Å². The van der Waals surface area contributed by atoms with Crippen molar-refractivity contribution in [1.29, 1.82) is 0 Å². The quantitative estimate of drug-likeness (QED) is 0.644. The summed E-state index contributed by atoms with van der Waals surface area (Å²) >= 11 is 0. The van der Waals surface area contributed by atoms with Gasteiger partial charge in [0.2, 0.25) is 0 Å². The van der Waals surface area contributed by atoms with Gasteiger partial charge in [-0.1, -0.05) is 0 Å². The summed E-state index contributed by atoms with van der Waals surface area (Å²) in [5.41, 5.74) is 0.180. The van der Waals surface area contributed by atoms with Crippen LogP contribution in [0.3, 0.4) is 0 Å². The van der Waals surface area contributed by atoms with Gasteiger partial charge >= 0.3 is 0 Å². The summed E-state index contributed by atoms with van der Waals surface area (Å²) in [5.74, 6) is -0.602. The molecule has 1 aromatic rings. The van der Waals surface area contributed by atoms with E-state index in [1.807, 2.05) is 0 Å². The van der Waals surface area contributed by atoms with E-state index in [4.69, 9.17) is 4.74 Å². The summed E-state index contributed by atoms with van der Waals surface area (Å²) in [7, 11) is 1.53. The maximum absolute atomic E-state index is 11.9. The molecule has 0 spiro atoms. The fraction of sp³-hybridized carbons (Fsp3) is 0.583. The number of nitrogens with zero attached hydrogens (tertiary/aromatic N) is 2. The third-order valence-electron chi connectivity index (χ3n) is 3.29. The average molecular weight is 267 g/mol. The van der Waals surface area contributed by atoms with Crippen LogP contribution in [0, 0.1) is 5.92 Å². The second-order valence-electron chi connectivity index (χ2n) is 4.60. The lowest BCUT2D eigenvalue weighted by molar-refractivity contribution is -0.00554. The minimum absolute atomic E-state index is 0.180. The van der Waals surface area contributed by atoms with Crippen LogP contribution in [-0.4, -0.2) is 58.1 Å². The Morgan fingerprint density at radius 3 is 2.89 bits per heavy atom. The molecule has 19 heavy (non-hydrogen) atoms. The molecule has 0 saturated heterocycles. The minimum Gasteiger partial charge on any atom is -0.390 e. The third-order valence-corrected chi connectivity index (χ3v) is 3.29. The van der Waals surface area contributed by atoms with Crippen LogP contribution < -0.4 is 5.32 Å². The van der Waals surface area contributed by atoms with Crippen LogP contribution >= 0.6 is 0 Å². The van der Waals surface area contributed by atoms with Crippen LogP contribution in [-0.2, 0) is 4.74 Å². The molecule has 0 radical (unpaired) electrons. The number of carbonyl (C=O) groups is 1. The molecule has 0 bridgehead atoms. The van der Waals surface area contributed by atoms with Gasteiger partial charge in [-0.2, -0.15) is 0 Å². The summed E-state index contributed by atoms with van der Waals surface area (Å²) < 4.78 is 4.98. The fourth-order valence-corrected chi connectivity index (χ4v) is 2.31. The maximum Gasteiger partial charge on any atom is 0.271 e. The van der Waals surface area contributed by atoms with Gasteiger partial charge in [-0.15, -0.1) is 0 Å². The standard InChI is InChI=1S/C12H17N3O4/c1-19-6-7-4-8(11(17)10(7)16)15-12(18)9-5-13-2-3-14-9/h2-3,5,7-8,10-11,16-17H,4,6H2,1H3,(H,15,18)/t7-,8-,10-,11+/m1/s1. The van der Waals surface area contributed by atoms with Crippen LogP contribution in [0.1, 0.15) is 16.9 Å². The largest absolute Gasteiger partial charge is 0.390 e. The van der Waals surface area contributed by atoms with Crippen molar-refractivity contribution < 1.29 is 19.7 Å². The molecule has 3 N–H and O–H groups in total. The number of aliphatic hydroxyl groups excluding tert-OH is 2. The first-order chi connectivity index (χ1) is 9.13. The molecular formula is C12H17N3O4. The molecule has 1 aliphatic rings. The molecule has 0 aliphatic heterocycles. The van der Waals surface area contributed by atoms with Gasteiger partial charge in [0.05, 0.1) is 24.9 Å². The van der Waals surface area contributed by atoms with Crippen molar-refractivity contribution in [3.8, 4) is 0 Å². The molecule has 1 heterocycles. The number of methoxy groups -OCH3 is 1. The van der Waals surface area contributed by atoms with Crippen molar-refractivity contribution >= 4 is 5.91 Å². The topological polar surface area (TPSA) is 105 Å². The highest BCUT2D eigenvalue weighted by molar-refractivity contribution is 5.92. The van der Waals surface area contributed by atoms with Crippen LogP contribution in [0.2, 0.25) is 0 Å². The van der Waals surface area contributed by atoms with Gasteiger partial charge in [-0.05, 0) is 6.42 Å². The lowest BCUT2D eigenvalue weighted by Gasteiger charge is -2.17. The van der Waals surface area contributed by atoms with Crippen molar-refractivity contribution in [3.63, 3.8) is 0 Å². The first kappa shape index (κ1) is 13.9. The molecule has 1 saturated carbocycles. The van der Waals surface area contributed by atoms with E-state index < -0.39 is 24.2 Å². The van der Waals surface area contributed by atoms with Crippen molar-refractivity contribution in [1.82, 2.24) is 15.3 Å². The van der Waals surface area contributed by atoms with E-state index in [1.165, 1.54) is 25.7 Å². The van der Waals surface area contributed by atoms with E-state index >= 15 is 0 Å². The molecule has 1 aromatic heterocycles. The smallest absolute Gasteiger partial charge is 0.271 e. The lowest BCUT2D eigenvalue weighted by atomic mass is 10.1. The highest BCUT2D eigenvalue weighted by atomic mass is 16.5. The highest BCUT2D eigenvalue weighted by Crippen LogP contribution is 2.27. The van der Waals surface area contributed by atoms with Gasteiger partial charge < -0.3 is 20.3 Å². The molecule has 2 rings (SSSR count). The van der Waals surface area contributed by atoms with Gasteiger partial charge in [0.25, 0.3) is 5.91 Å². The van der Waals surface area contributed by atoms with Gasteiger partial charge in [0.1, 0.15) is 11.8 Å². The number of rotatable bonds is 4. The Morgan fingerprint density at radius 2 is 2.26 bits per heavy atom. The Labute approximate surface area is 110 Å². The Kier molecular flexibility index (Phi) is 4.41. The monoisotopic (exact) mass is 267 g/mol. The van der Waals surface area contributed by atoms with Gasteiger partial charge in [0, 0.05) is 25.4 Å². The Morgan fingerprint density at radius 1 is 1.47 bits per heavy atom. The van der Waals surface area contributed by atoms with Crippen molar-refractivity contribution in [3.05, 3.63) is 24.3 Å². The minimum atomic E-state index is -0.999. The van der Waals surface area contributed by atoms with Crippen LogP contribution in [0.15, 0.2) is 18.6 Å². The maximum atomic E-state index is 11.9. The predicted molar refractivity (Wildman–Crippen MR) is 65.3 cm³/mol. The molecular weight excluding hydrogens is 250 g/mol. The zero-order valence-corrected chi connectivity index (χ0v) is 10.6. The van der Waals surface area contributed by atoms with E-state index in [0.29, 0.717) is 13.0 Å². The first-order valence-electron chi connectivity index (χ1n) is 6.05. The molecule has 7 heteroatoms. The molecule has 4 atom stereocenters. The Hall–Kier alpha value is -1.57. The second-order valence-corrected chi connectivity index (χ2v) is 4.60. The van der Waals surface area contributed by atoms with Crippen molar-refractivity contribution in [2.75, 3.05) is 13.7 Å². The number of hydrogen-bond donors (Lipinski definition) is 3. The number of aromatic nitrogens is 2. The highest BCUT2D eigenvalue weighted by Gasteiger charge is 2.42. The average Bonchev–Trinajstić information content (AvgIpc) is 2.69. The van der Waals surface area contributed by atoms with Gasteiger partial charge in [0.15, 0.2) is 0 Å². The van der Waals surface area contributed by atoms with E-state index in [0.717, 1.165) is 0 Å². The van der Waals surface area contributed by atoms with E-state index in [-0.39, 0.29) is 11.6 Å². The summed E-state index contributed by atoms with van der Waals surface area (Å²) in [6.45, 7) is 0.343. The summed E-state index contributed by atoms with van der Waals surface area (Å²) in [5, 5.41) is 22.4. The van der Waals surface area contributed by atoms with Crippen LogP contribution in [0.25, 0.3) is 0 Å². The van der Waals surface area contributed by atoms with E-state index in [2.05, 4.69) is 15.3 Å². The van der Waals surface area contributed by atoms with Crippen LogP contribution in [0.5, 0.6) is 0 Å². The molecule has 0 unspecified atom stereocenters. The lowest BCUT2D eigenvalue weighted by Crippen LogP contribution is -2.43. The number of carbonyl (C=O) groups excluding carboxylic acids is 1. The zero-order chi connectivity index (χ0) is 13.8. The third kappa shape index (κ3) is 3.06. The second kappa shape index (κ2) is 6.05. The molecule has 1 amide bonds. The number of ether oxygens (including phenoxy) is 1. The SMILES string of the molecule is COC[C@H]1C[C@@H](NC(=O)c2cnccn2)[C@H](O)[C@@H]1O. The normalized spacial score (nSPS) is 30.3. The molecule has 1 fully saturated rings. The number of hydrogen-bond acceptors (Lipinski definition) is 6.